The molecule has 0 radical (unpaired) electrons. The highest BCUT2D eigenvalue weighted by Gasteiger charge is 2.27. The molecule has 0 aromatic heterocycles. The lowest BCUT2D eigenvalue weighted by Gasteiger charge is -2.29. The van der Waals surface area contributed by atoms with Gasteiger partial charge in [-0.25, -0.2) is 0 Å². The number of hydrogen-bond donors (Lipinski definition) is 1. The topological polar surface area (TPSA) is 61.9 Å². The molecule has 0 bridgehead atoms. The Hall–Kier alpha value is -2.86. The highest BCUT2D eigenvalue weighted by molar-refractivity contribution is 5.93. The molecule has 6 nitrogen and oxygen atoms in total. The largest absolute Gasteiger partial charge is 0.497 e. The van der Waals surface area contributed by atoms with Crippen LogP contribution < -0.4 is 10.1 Å². The maximum Gasteiger partial charge on any atom is 0.244 e. The van der Waals surface area contributed by atoms with Crippen molar-refractivity contribution in [3.8, 4) is 5.75 Å². The van der Waals surface area contributed by atoms with Gasteiger partial charge >= 0.3 is 0 Å². The molecule has 2 aromatic rings. The van der Waals surface area contributed by atoms with Gasteiger partial charge in [0.25, 0.3) is 0 Å². The third-order valence-corrected chi connectivity index (χ3v) is 4.00. The second-order valence-electron chi connectivity index (χ2n) is 6.24. The molecule has 0 saturated carbocycles. The van der Waals surface area contributed by atoms with Crippen LogP contribution in [-0.2, 0) is 9.59 Å². The van der Waals surface area contributed by atoms with Crippen LogP contribution in [0, 0.1) is 0 Å². The molecule has 0 aliphatic heterocycles. The van der Waals surface area contributed by atoms with E-state index in [4.69, 9.17) is 4.74 Å². The number of methoxy groups -OCH3 is 1. The zero-order chi connectivity index (χ0) is 19.1. The SMILES string of the molecule is COc1ccc(NC(=O)CN(C)[C@@H](C(=O)N(C)C)c2ccccc2)cc1. The highest BCUT2D eigenvalue weighted by Crippen LogP contribution is 2.21. The molecular weight excluding hydrogens is 330 g/mol. The minimum Gasteiger partial charge on any atom is -0.497 e. The fourth-order valence-corrected chi connectivity index (χ4v) is 2.66. The van der Waals surface area contributed by atoms with Gasteiger partial charge in [-0.3, -0.25) is 14.5 Å². The van der Waals surface area contributed by atoms with Crippen LogP contribution in [0.5, 0.6) is 5.75 Å². The van der Waals surface area contributed by atoms with E-state index in [0.29, 0.717) is 5.69 Å². The van der Waals surface area contributed by atoms with Gasteiger partial charge in [0, 0.05) is 19.8 Å². The van der Waals surface area contributed by atoms with Crippen molar-refractivity contribution in [2.24, 2.45) is 0 Å². The molecule has 2 aromatic carbocycles. The number of carbonyl (C=O) groups is 2. The minimum atomic E-state index is -0.521. The van der Waals surface area contributed by atoms with Gasteiger partial charge in [0.2, 0.25) is 11.8 Å². The van der Waals surface area contributed by atoms with Crippen LogP contribution >= 0.6 is 0 Å². The molecule has 26 heavy (non-hydrogen) atoms. The Bertz CT molecular complexity index is 730. The number of carbonyl (C=O) groups excluding carboxylic acids is 2. The molecule has 2 amide bonds. The van der Waals surface area contributed by atoms with E-state index in [-0.39, 0.29) is 18.4 Å². The zero-order valence-electron chi connectivity index (χ0n) is 15.6. The zero-order valence-corrected chi connectivity index (χ0v) is 15.6. The number of rotatable bonds is 7. The Morgan fingerprint density at radius 1 is 1.00 bits per heavy atom. The van der Waals surface area contributed by atoms with E-state index >= 15 is 0 Å². The van der Waals surface area contributed by atoms with E-state index in [1.165, 1.54) is 4.90 Å². The first-order chi connectivity index (χ1) is 12.4. The van der Waals surface area contributed by atoms with Crippen LogP contribution in [0.3, 0.4) is 0 Å². The Balaban J connectivity index is 2.09. The number of benzene rings is 2. The molecule has 0 heterocycles. The second-order valence-corrected chi connectivity index (χ2v) is 6.24. The van der Waals surface area contributed by atoms with E-state index in [0.717, 1.165) is 11.3 Å². The standard InChI is InChI=1S/C20H25N3O3/c1-22(2)20(25)19(15-8-6-5-7-9-15)23(3)14-18(24)21-16-10-12-17(26-4)13-11-16/h5-13,19H,14H2,1-4H3,(H,21,24)/t19-/m1/s1. The number of nitrogens with zero attached hydrogens (tertiary/aromatic N) is 2. The lowest BCUT2D eigenvalue weighted by atomic mass is 10.0. The van der Waals surface area contributed by atoms with Crippen molar-refractivity contribution in [2.75, 3.05) is 40.1 Å². The summed E-state index contributed by atoms with van der Waals surface area (Å²) < 4.78 is 5.10. The van der Waals surface area contributed by atoms with Crippen molar-refractivity contribution >= 4 is 17.5 Å². The summed E-state index contributed by atoms with van der Waals surface area (Å²) in [5.41, 5.74) is 1.53. The predicted octanol–water partition coefficient (Wildman–Crippen LogP) is 2.40. The smallest absolute Gasteiger partial charge is 0.244 e. The first-order valence-corrected chi connectivity index (χ1v) is 8.32. The molecule has 1 N–H and O–H groups in total. The molecule has 0 saturated heterocycles. The molecule has 1 atom stereocenters. The Morgan fingerprint density at radius 2 is 1.62 bits per heavy atom. The summed E-state index contributed by atoms with van der Waals surface area (Å²) >= 11 is 0. The van der Waals surface area contributed by atoms with Gasteiger partial charge in [0.15, 0.2) is 0 Å². The molecular formula is C20H25N3O3. The number of anilines is 1. The monoisotopic (exact) mass is 355 g/mol. The average molecular weight is 355 g/mol. The summed E-state index contributed by atoms with van der Waals surface area (Å²) in [6.07, 6.45) is 0. The summed E-state index contributed by atoms with van der Waals surface area (Å²) in [6.45, 7) is 0.0885. The molecule has 138 valence electrons. The van der Waals surface area contributed by atoms with E-state index in [1.54, 1.807) is 57.4 Å². The van der Waals surface area contributed by atoms with Gasteiger partial charge < -0.3 is 15.0 Å². The van der Waals surface area contributed by atoms with Gasteiger partial charge in [0.1, 0.15) is 11.8 Å². The molecule has 6 heteroatoms. The summed E-state index contributed by atoms with van der Waals surface area (Å²) in [5.74, 6) is 0.460. The van der Waals surface area contributed by atoms with Gasteiger partial charge in [0.05, 0.1) is 13.7 Å². The third kappa shape index (κ3) is 5.07. The summed E-state index contributed by atoms with van der Waals surface area (Å²) in [6, 6.07) is 16.0. The van der Waals surface area contributed by atoms with Crippen molar-refractivity contribution in [3.05, 3.63) is 60.2 Å². The second kappa shape index (κ2) is 9.01. The fraction of sp³-hybridized carbons (Fsp3) is 0.300. The van der Waals surface area contributed by atoms with Crippen LogP contribution in [0.25, 0.3) is 0 Å². The van der Waals surface area contributed by atoms with Crippen LogP contribution in [0.4, 0.5) is 5.69 Å². The molecule has 0 aliphatic carbocycles. The van der Waals surface area contributed by atoms with Crippen molar-refractivity contribution < 1.29 is 14.3 Å². The van der Waals surface area contributed by atoms with E-state index in [9.17, 15) is 9.59 Å². The summed E-state index contributed by atoms with van der Waals surface area (Å²) in [4.78, 5) is 28.3. The van der Waals surface area contributed by atoms with Crippen molar-refractivity contribution in [3.63, 3.8) is 0 Å². The van der Waals surface area contributed by atoms with E-state index < -0.39 is 6.04 Å². The summed E-state index contributed by atoms with van der Waals surface area (Å²) in [5, 5.41) is 2.84. The quantitative estimate of drug-likeness (QED) is 0.828. The molecule has 0 spiro atoms. The third-order valence-electron chi connectivity index (χ3n) is 4.00. The van der Waals surface area contributed by atoms with E-state index in [1.807, 2.05) is 30.3 Å². The van der Waals surface area contributed by atoms with Crippen molar-refractivity contribution in [1.82, 2.24) is 9.80 Å². The van der Waals surface area contributed by atoms with Crippen LogP contribution in [0.2, 0.25) is 0 Å². The van der Waals surface area contributed by atoms with Crippen LogP contribution in [0.1, 0.15) is 11.6 Å². The molecule has 0 unspecified atom stereocenters. The molecule has 0 aliphatic rings. The number of nitrogens with one attached hydrogen (secondary N) is 1. The van der Waals surface area contributed by atoms with Gasteiger partial charge in [-0.1, -0.05) is 30.3 Å². The number of hydrogen-bond acceptors (Lipinski definition) is 4. The average Bonchev–Trinajstić information content (AvgIpc) is 2.63. The highest BCUT2D eigenvalue weighted by atomic mass is 16.5. The first-order valence-electron chi connectivity index (χ1n) is 8.32. The Morgan fingerprint density at radius 3 is 2.15 bits per heavy atom. The van der Waals surface area contributed by atoms with Crippen LogP contribution in [-0.4, -0.2) is 56.4 Å². The Kier molecular flexibility index (Phi) is 6.74. The first kappa shape index (κ1) is 19.5. The maximum atomic E-state index is 12.6. The van der Waals surface area contributed by atoms with Gasteiger partial charge in [-0.15, -0.1) is 0 Å². The van der Waals surface area contributed by atoms with Crippen molar-refractivity contribution in [2.45, 2.75) is 6.04 Å². The van der Waals surface area contributed by atoms with Crippen LogP contribution in [0.15, 0.2) is 54.6 Å². The molecule has 2 rings (SSSR count). The lowest BCUT2D eigenvalue weighted by Crippen LogP contribution is -2.41. The minimum absolute atomic E-state index is 0.0732. The predicted molar refractivity (Wildman–Crippen MR) is 102 cm³/mol. The number of amides is 2. The normalized spacial score (nSPS) is 11.7. The lowest BCUT2D eigenvalue weighted by molar-refractivity contribution is -0.134. The van der Waals surface area contributed by atoms with E-state index in [2.05, 4.69) is 5.32 Å². The summed E-state index contributed by atoms with van der Waals surface area (Å²) in [7, 11) is 6.79. The fourth-order valence-electron chi connectivity index (χ4n) is 2.66. The van der Waals surface area contributed by atoms with Crippen molar-refractivity contribution in [1.29, 1.82) is 0 Å². The number of ether oxygens (including phenoxy) is 1. The number of likely N-dealkylation sites (N-methyl/N-ethyl adjacent to an activating group) is 2. The maximum absolute atomic E-state index is 12.6. The molecule has 0 fully saturated rings. The van der Waals surface area contributed by atoms with Gasteiger partial charge in [-0.2, -0.15) is 0 Å². The Labute approximate surface area is 154 Å². The van der Waals surface area contributed by atoms with Gasteiger partial charge in [-0.05, 0) is 36.9 Å².